The molecule has 0 bridgehead atoms. The van der Waals surface area contributed by atoms with Gasteiger partial charge in [-0.2, -0.15) is 0 Å². The molecule has 1 amide bonds. The number of carbonyl (C=O) groups excluding carboxylic acids is 1. The maximum atomic E-state index is 13.4. The largest absolute Gasteiger partial charge is 0.492 e. The minimum Gasteiger partial charge on any atom is -0.492 e. The normalized spacial score (nSPS) is 11.8. The summed E-state index contributed by atoms with van der Waals surface area (Å²) in [6, 6.07) is 19.0. The van der Waals surface area contributed by atoms with Crippen LogP contribution in [0.4, 0.5) is 5.69 Å². The molecule has 37 heavy (non-hydrogen) atoms. The lowest BCUT2D eigenvalue weighted by atomic mass is 10.2. The van der Waals surface area contributed by atoms with E-state index in [2.05, 4.69) is 21.2 Å². The molecule has 1 N–H and O–H groups in total. The molecule has 3 aromatic carbocycles. The lowest BCUT2D eigenvalue weighted by Crippen LogP contribution is -2.41. The van der Waals surface area contributed by atoms with E-state index >= 15 is 0 Å². The number of benzene rings is 3. The molecule has 0 atom stereocenters. The number of anilines is 1. The predicted octanol–water partition coefficient (Wildman–Crippen LogP) is 3.40. The first kappa shape index (κ1) is 28.6. The Morgan fingerprint density at radius 1 is 0.838 bits per heavy atom. The van der Waals surface area contributed by atoms with Crippen molar-refractivity contribution < 1.29 is 26.4 Å². The first-order valence-corrected chi connectivity index (χ1v) is 14.9. The predicted molar refractivity (Wildman–Crippen MR) is 146 cm³/mol. The van der Waals surface area contributed by atoms with Gasteiger partial charge in [-0.05, 0) is 67.6 Å². The van der Waals surface area contributed by atoms with Gasteiger partial charge in [-0.25, -0.2) is 21.1 Å². The Balaban J connectivity index is 1.64. The molecular weight excluding hydrogens is 582 g/mol. The number of rotatable bonds is 11. The van der Waals surface area contributed by atoms with Crippen LogP contribution < -0.4 is 14.4 Å². The lowest BCUT2D eigenvalue weighted by molar-refractivity contribution is -0.119. The van der Waals surface area contributed by atoms with Gasteiger partial charge in [0.1, 0.15) is 18.9 Å². The fourth-order valence-corrected chi connectivity index (χ4v) is 5.81. The van der Waals surface area contributed by atoms with E-state index in [1.807, 2.05) is 6.92 Å². The summed E-state index contributed by atoms with van der Waals surface area (Å²) >= 11 is 3.34. The number of hydrogen-bond donors (Lipinski definition) is 1. The Labute approximate surface area is 226 Å². The monoisotopic (exact) mass is 609 g/mol. The highest BCUT2D eigenvalue weighted by molar-refractivity contribution is 9.10. The number of nitrogens with one attached hydrogen (secondary N) is 1. The van der Waals surface area contributed by atoms with E-state index in [1.165, 1.54) is 50.5 Å². The van der Waals surface area contributed by atoms with Gasteiger partial charge in [0.05, 0.1) is 22.0 Å². The van der Waals surface area contributed by atoms with Crippen LogP contribution in [0.1, 0.15) is 5.56 Å². The standard InChI is InChI=1S/C25H28BrN3O6S2/c1-19-4-12-24(13-5-19)37(33,34)29(21-8-6-20(26)7-9-21)18-25(30)27-16-17-35-22-10-14-23(15-11-22)36(31,32)28(2)3/h4-15H,16-18H2,1-3H3,(H,27,30). The molecule has 12 heteroatoms. The average Bonchev–Trinajstić information content (AvgIpc) is 2.86. The van der Waals surface area contributed by atoms with Gasteiger partial charge >= 0.3 is 0 Å². The van der Waals surface area contributed by atoms with E-state index in [0.29, 0.717) is 11.4 Å². The summed E-state index contributed by atoms with van der Waals surface area (Å²) in [6.07, 6.45) is 0. The van der Waals surface area contributed by atoms with Gasteiger partial charge in [-0.15, -0.1) is 0 Å². The van der Waals surface area contributed by atoms with Crippen molar-refractivity contribution in [1.82, 2.24) is 9.62 Å². The molecule has 3 rings (SSSR count). The molecule has 0 saturated carbocycles. The minimum atomic E-state index is -4.00. The maximum Gasteiger partial charge on any atom is 0.264 e. The highest BCUT2D eigenvalue weighted by atomic mass is 79.9. The zero-order valence-electron chi connectivity index (χ0n) is 20.6. The quantitative estimate of drug-likeness (QED) is 0.333. The second-order valence-electron chi connectivity index (χ2n) is 8.26. The van der Waals surface area contributed by atoms with Gasteiger partial charge in [0.2, 0.25) is 15.9 Å². The Kier molecular flexibility index (Phi) is 9.35. The Bertz CT molecular complexity index is 1430. The van der Waals surface area contributed by atoms with Crippen molar-refractivity contribution in [2.45, 2.75) is 16.7 Å². The number of sulfonamides is 2. The van der Waals surface area contributed by atoms with Gasteiger partial charge in [-0.1, -0.05) is 33.6 Å². The summed E-state index contributed by atoms with van der Waals surface area (Å²) in [6.45, 7) is 1.66. The third-order valence-corrected chi connectivity index (χ3v) is 9.45. The Hall–Kier alpha value is -2.93. The molecule has 0 radical (unpaired) electrons. The first-order chi connectivity index (χ1) is 17.4. The highest BCUT2D eigenvalue weighted by Gasteiger charge is 2.27. The maximum absolute atomic E-state index is 13.4. The van der Waals surface area contributed by atoms with Crippen LogP contribution in [0.25, 0.3) is 0 Å². The van der Waals surface area contributed by atoms with Gasteiger partial charge in [0.15, 0.2) is 0 Å². The van der Waals surface area contributed by atoms with Crippen molar-refractivity contribution in [3.63, 3.8) is 0 Å². The van der Waals surface area contributed by atoms with E-state index in [9.17, 15) is 21.6 Å². The van der Waals surface area contributed by atoms with Crippen molar-refractivity contribution in [2.24, 2.45) is 0 Å². The van der Waals surface area contributed by atoms with Gasteiger partial charge in [-0.3, -0.25) is 9.10 Å². The zero-order chi connectivity index (χ0) is 27.2. The van der Waals surface area contributed by atoms with E-state index in [1.54, 1.807) is 36.4 Å². The second kappa shape index (κ2) is 12.1. The van der Waals surface area contributed by atoms with Crippen LogP contribution in [-0.2, 0) is 24.8 Å². The molecule has 0 spiro atoms. The van der Waals surface area contributed by atoms with E-state index in [0.717, 1.165) is 18.6 Å². The van der Waals surface area contributed by atoms with Crippen molar-refractivity contribution in [3.05, 3.63) is 82.8 Å². The molecule has 0 saturated heterocycles. The molecule has 198 valence electrons. The summed E-state index contributed by atoms with van der Waals surface area (Å²) in [5.41, 5.74) is 1.27. The van der Waals surface area contributed by atoms with Crippen LogP contribution in [0, 0.1) is 6.92 Å². The smallest absolute Gasteiger partial charge is 0.264 e. The van der Waals surface area contributed by atoms with Gasteiger partial charge in [0.25, 0.3) is 10.0 Å². The first-order valence-electron chi connectivity index (χ1n) is 11.2. The zero-order valence-corrected chi connectivity index (χ0v) is 23.8. The molecule has 3 aromatic rings. The molecule has 0 aromatic heterocycles. The fourth-order valence-electron chi connectivity index (χ4n) is 3.22. The number of carbonyl (C=O) groups is 1. The molecule has 9 nitrogen and oxygen atoms in total. The third kappa shape index (κ3) is 7.31. The summed E-state index contributed by atoms with van der Waals surface area (Å²) in [5, 5.41) is 2.67. The number of aryl methyl sites for hydroxylation is 1. The van der Waals surface area contributed by atoms with Crippen LogP contribution in [0.15, 0.2) is 87.1 Å². The highest BCUT2D eigenvalue weighted by Crippen LogP contribution is 2.25. The summed E-state index contributed by atoms with van der Waals surface area (Å²) < 4.78 is 59.6. The van der Waals surface area contributed by atoms with Crippen LogP contribution in [0.5, 0.6) is 5.75 Å². The number of amides is 1. The van der Waals surface area contributed by atoms with E-state index < -0.39 is 32.5 Å². The summed E-state index contributed by atoms with van der Waals surface area (Å²) in [5.74, 6) is -0.0694. The van der Waals surface area contributed by atoms with Crippen molar-refractivity contribution >= 4 is 47.6 Å². The van der Waals surface area contributed by atoms with Crippen LogP contribution in [0.2, 0.25) is 0 Å². The van der Waals surface area contributed by atoms with E-state index in [4.69, 9.17) is 4.74 Å². The van der Waals surface area contributed by atoms with Gasteiger partial charge in [0, 0.05) is 18.6 Å². The molecule has 0 aliphatic rings. The number of ether oxygens (including phenoxy) is 1. The van der Waals surface area contributed by atoms with Crippen LogP contribution >= 0.6 is 15.9 Å². The van der Waals surface area contributed by atoms with Crippen molar-refractivity contribution in [1.29, 1.82) is 0 Å². The molecular formula is C25H28BrN3O6S2. The molecule has 0 unspecified atom stereocenters. The molecule has 0 aliphatic heterocycles. The summed E-state index contributed by atoms with van der Waals surface area (Å²) in [4.78, 5) is 12.9. The Morgan fingerprint density at radius 2 is 1.38 bits per heavy atom. The fraction of sp³-hybridized carbons (Fsp3) is 0.240. The Morgan fingerprint density at radius 3 is 1.95 bits per heavy atom. The molecule has 0 heterocycles. The van der Waals surface area contributed by atoms with E-state index in [-0.39, 0.29) is 22.9 Å². The van der Waals surface area contributed by atoms with Crippen LogP contribution in [-0.4, -0.2) is 60.8 Å². The topological polar surface area (TPSA) is 113 Å². The number of halogens is 1. The number of nitrogens with zero attached hydrogens (tertiary/aromatic N) is 2. The van der Waals surface area contributed by atoms with Crippen molar-refractivity contribution in [2.75, 3.05) is 38.1 Å². The molecule has 0 fully saturated rings. The molecule has 0 aliphatic carbocycles. The average molecular weight is 611 g/mol. The van der Waals surface area contributed by atoms with Crippen molar-refractivity contribution in [3.8, 4) is 5.75 Å². The minimum absolute atomic E-state index is 0.0804. The third-order valence-electron chi connectivity index (χ3n) is 5.31. The summed E-state index contributed by atoms with van der Waals surface area (Å²) in [7, 11) is -4.64. The second-order valence-corrected chi connectivity index (χ2v) is 13.2. The lowest BCUT2D eigenvalue weighted by Gasteiger charge is -2.24. The van der Waals surface area contributed by atoms with Gasteiger partial charge < -0.3 is 10.1 Å². The SMILES string of the molecule is Cc1ccc(S(=O)(=O)N(CC(=O)NCCOc2ccc(S(=O)(=O)N(C)C)cc2)c2ccc(Br)cc2)cc1. The number of hydrogen-bond acceptors (Lipinski definition) is 6. The van der Waals surface area contributed by atoms with Crippen LogP contribution in [0.3, 0.4) is 0 Å².